The third-order valence-corrected chi connectivity index (χ3v) is 5.44. The molecule has 0 saturated heterocycles. The number of ether oxygens (including phenoxy) is 1. The number of aliphatic hydroxyl groups is 1. The Kier molecular flexibility index (Phi) is 5.16. The predicted octanol–water partition coefficient (Wildman–Crippen LogP) is 3.40. The Bertz CT molecular complexity index is 724. The van der Waals surface area contributed by atoms with Gasteiger partial charge in [-0.05, 0) is 49.9 Å². The maximum absolute atomic E-state index is 10.3. The maximum Gasteiger partial charge on any atom is 0.229 e. The van der Waals surface area contributed by atoms with Crippen molar-refractivity contribution in [2.75, 3.05) is 13.2 Å². The number of aliphatic hydroxyl groups excluding tert-OH is 1. The zero-order valence-electron chi connectivity index (χ0n) is 14.7. The van der Waals surface area contributed by atoms with Crippen LogP contribution in [0.5, 0.6) is 5.75 Å². The standard InChI is InChI=1S/C19H24ClN3O3/c20-14-5-7-16(8-6-14)25-12-15(24)11-21-19(9-1-2-10-19)18-22-17(26-23-18)13-3-4-13/h5-8,13,15,21,24H,1-4,9-12H2. The summed E-state index contributed by atoms with van der Waals surface area (Å²) in [6.07, 6.45) is 5.82. The van der Waals surface area contributed by atoms with Gasteiger partial charge in [-0.2, -0.15) is 4.98 Å². The van der Waals surface area contributed by atoms with Gasteiger partial charge in [-0.15, -0.1) is 0 Å². The molecule has 1 aromatic heterocycles. The quantitative estimate of drug-likeness (QED) is 0.733. The molecule has 4 rings (SSSR count). The maximum atomic E-state index is 10.3. The number of hydrogen-bond donors (Lipinski definition) is 2. The van der Waals surface area contributed by atoms with Gasteiger partial charge >= 0.3 is 0 Å². The van der Waals surface area contributed by atoms with Crippen molar-refractivity contribution in [1.29, 1.82) is 0 Å². The molecule has 1 unspecified atom stereocenters. The van der Waals surface area contributed by atoms with Crippen LogP contribution in [0.15, 0.2) is 28.8 Å². The first-order chi connectivity index (χ1) is 12.6. The van der Waals surface area contributed by atoms with Crippen LogP contribution in [0.4, 0.5) is 0 Å². The summed E-state index contributed by atoms with van der Waals surface area (Å²) in [7, 11) is 0. The minimum absolute atomic E-state index is 0.213. The lowest BCUT2D eigenvalue weighted by Crippen LogP contribution is -2.45. The molecule has 2 fully saturated rings. The highest BCUT2D eigenvalue weighted by Crippen LogP contribution is 2.42. The van der Waals surface area contributed by atoms with Crippen molar-refractivity contribution < 1.29 is 14.4 Å². The first-order valence-electron chi connectivity index (χ1n) is 9.30. The molecule has 0 spiro atoms. The minimum Gasteiger partial charge on any atom is -0.491 e. The minimum atomic E-state index is -0.627. The molecule has 0 bridgehead atoms. The highest BCUT2D eigenvalue weighted by molar-refractivity contribution is 6.30. The normalized spacial score (nSPS) is 20.2. The fraction of sp³-hybridized carbons (Fsp3) is 0.579. The molecule has 2 aromatic rings. The third kappa shape index (κ3) is 4.03. The largest absolute Gasteiger partial charge is 0.491 e. The van der Waals surface area contributed by atoms with E-state index in [-0.39, 0.29) is 12.1 Å². The van der Waals surface area contributed by atoms with Crippen LogP contribution >= 0.6 is 11.6 Å². The van der Waals surface area contributed by atoms with E-state index >= 15 is 0 Å². The molecule has 0 aliphatic heterocycles. The van der Waals surface area contributed by atoms with E-state index in [2.05, 4.69) is 15.5 Å². The summed E-state index contributed by atoms with van der Waals surface area (Å²) in [4.78, 5) is 4.64. The monoisotopic (exact) mass is 377 g/mol. The van der Waals surface area contributed by atoms with Gasteiger partial charge in [-0.3, -0.25) is 0 Å². The van der Waals surface area contributed by atoms with Crippen LogP contribution in [0, 0.1) is 0 Å². The number of rotatable bonds is 8. The van der Waals surface area contributed by atoms with E-state index in [0.717, 1.165) is 50.2 Å². The van der Waals surface area contributed by atoms with Crippen LogP contribution in [0.25, 0.3) is 0 Å². The van der Waals surface area contributed by atoms with E-state index in [9.17, 15) is 5.11 Å². The topological polar surface area (TPSA) is 80.4 Å². The van der Waals surface area contributed by atoms with E-state index in [1.807, 2.05) is 0 Å². The van der Waals surface area contributed by atoms with E-state index < -0.39 is 6.10 Å². The van der Waals surface area contributed by atoms with Crippen molar-refractivity contribution >= 4 is 11.6 Å². The molecule has 0 amide bonds. The summed E-state index contributed by atoms with van der Waals surface area (Å²) in [6.45, 7) is 0.630. The van der Waals surface area contributed by atoms with Gasteiger partial charge in [-0.25, -0.2) is 0 Å². The second kappa shape index (κ2) is 7.55. The van der Waals surface area contributed by atoms with Crippen molar-refractivity contribution in [3.63, 3.8) is 0 Å². The Morgan fingerprint density at radius 3 is 2.69 bits per heavy atom. The fourth-order valence-corrected chi connectivity index (χ4v) is 3.61. The average molecular weight is 378 g/mol. The molecule has 1 atom stereocenters. The van der Waals surface area contributed by atoms with Crippen molar-refractivity contribution in [1.82, 2.24) is 15.5 Å². The lowest BCUT2D eigenvalue weighted by molar-refractivity contribution is 0.0950. The van der Waals surface area contributed by atoms with Crippen LogP contribution in [-0.4, -0.2) is 34.5 Å². The lowest BCUT2D eigenvalue weighted by Gasteiger charge is -2.28. The molecule has 26 heavy (non-hydrogen) atoms. The Balaban J connectivity index is 1.33. The van der Waals surface area contributed by atoms with Crippen LogP contribution in [0.3, 0.4) is 0 Å². The number of nitrogens with zero attached hydrogens (tertiary/aromatic N) is 2. The van der Waals surface area contributed by atoms with Gasteiger partial charge in [0.15, 0.2) is 5.82 Å². The number of benzene rings is 1. The Morgan fingerprint density at radius 2 is 2.00 bits per heavy atom. The SMILES string of the molecule is OC(CNC1(c2noc(C3CC3)n2)CCCC1)COc1ccc(Cl)cc1. The third-order valence-electron chi connectivity index (χ3n) is 5.19. The molecule has 1 aromatic carbocycles. The molecule has 2 saturated carbocycles. The molecule has 6 nitrogen and oxygen atoms in total. The second-order valence-electron chi connectivity index (χ2n) is 7.32. The molecule has 140 valence electrons. The molecular formula is C19H24ClN3O3. The van der Waals surface area contributed by atoms with E-state index in [1.54, 1.807) is 24.3 Å². The number of hydrogen-bond acceptors (Lipinski definition) is 6. The molecule has 2 aliphatic carbocycles. The number of nitrogens with one attached hydrogen (secondary N) is 1. The van der Waals surface area contributed by atoms with E-state index in [4.69, 9.17) is 20.9 Å². The zero-order chi connectivity index (χ0) is 18.0. The van der Waals surface area contributed by atoms with Crippen molar-refractivity contribution in [3.8, 4) is 5.75 Å². The summed E-state index contributed by atoms with van der Waals surface area (Å²) < 4.78 is 11.1. The van der Waals surface area contributed by atoms with Crippen LogP contribution in [0.1, 0.15) is 56.2 Å². The molecule has 7 heteroatoms. The Morgan fingerprint density at radius 1 is 1.27 bits per heavy atom. The summed E-state index contributed by atoms with van der Waals surface area (Å²) in [6, 6.07) is 7.12. The summed E-state index contributed by atoms with van der Waals surface area (Å²) in [5.41, 5.74) is -0.294. The fourth-order valence-electron chi connectivity index (χ4n) is 3.48. The average Bonchev–Trinajstić information content (AvgIpc) is 3.18. The van der Waals surface area contributed by atoms with E-state index in [1.165, 1.54) is 0 Å². The summed E-state index contributed by atoms with van der Waals surface area (Å²) >= 11 is 5.86. The molecule has 2 N–H and O–H groups in total. The van der Waals surface area contributed by atoms with Gasteiger partial charge in [0, 0.05) is 17.5 Å². The summed E-state index contributed by atoms with van der Waals surface area (Å²) in [5, 5.41) is 18.7. The van der Waals surface area contributed by atoms with Crippen molar-refractivity contribution in [3.05, 3.63) is 41.0 Å². The number of aromatic nitrogens is 2. The second-order valence-corrected chi connectivity index (χ2v) is 7.76. The predicted molar refractivity (Wildman–Crippen MR) is 97.4 cm³/mol. The zero-order valence-corrected chi connectivity index (χ0v) is 15.4. The number of halogens is 1. The molecule has 2 aliphatic rings. The first kappa shape index (κ1) is 17.8. The van der Waals surface area contributed by atoms with Crippen molar-refractivity contribution in [2.45, 2.75) is 56.1 Å². The molecule has 0 radical (unpaired) electrons. The van der Waals surface area contributed by atoms with Gasteiger partial charge in [-0.1, -0.05) is 29.6 Å². The van der Waals surface area contributed by atoms with Crippen LogP contribution in [0.2, 0.25) is 5.02 Å². The summed E-state index contributed by atoms with van der Waals surface area (Å²) in [5.74, 6) is 2.65. The van der Waals surface area contributed by atoms with Gasteiger partial charge in [0.25, 0.3) is 0 Å². The molecular weight excluding hydrogens is 354 g/mol. The highest BCUT2D eigenvalue weighted by atomic mass is 35.5. The van der Waals surface area contributed by atoms with Gasteiger partial charge in [0.2, 0.25) is 5.89 Å². The Labute approximate surface area is 157 Å². The first-order valence-corrected chi connectivity index (χ1v) is 9.68. The smallest absolute Gasteiger partial charge is 0.229 e. The van der Waals surface area contributed by atoms with E-state index in [0.29, 0.717) is 23.2 Å². The Hall–Kier alpha value is -1.63. The lowest BCUT2D eigenvalue weighted by atomic mass is 9.96. The van der Waals surface area contributed by atoms with Gasteiger partial charge < -0.3 is 19.7 Å². The van der Waals surface area contributed by atoms with Crippen molar-refractivity contribution in [2.24, 2.45) is 0 Å². The molecule has 1 heterocycles. The van der Waals surface area contributed by atoms with Gasteiger partial charge in [0.05, 0.1) is 5.54 Å². The highest BCUT2D eigenvalue weighted by Gasteiger charge is 2.41. The van der Waals surface area contributed by atoms with Crippen LogP contribution < -0.4 is 10.1 Å². The van der Waals surface area contributed by atoms with Crippen LogP contribution in [-0.2, 0) is 5.54 Å². The van der Waals surface area contributed by atoms with Gasteiger partial charge in [0.1, 0.15) is 18.5 Å².